The molecule has 0 amide bonds. The summed E-state index contributed by atoms with van der Waals surface area (Å²) in [6.07, 6.45) is 3.73. The Labute approximate surface area is 129 Å². The minimum atomic E-state index is -0.407. The van der Waals surface area contributed by atoms with E-state index in [1.807, 2.05) is 12.1 Å². The molecule has 1 aromatic heterocycles. The van der Waals surface area contributed by atoms with Crippen LogP contribution < -0.4 is 0 Å². The van der Waals surface area contributed by atoms with Gasteiger partial charge in [0.15, 0.2) is 0 Å². The molecule has 0 atom stereocenters. The van der Waals surface area contributed by atoms with Crippen LogP contribution in [-0.2, 0) is 17.6 Å². The van der Waals surface area contributed by atoms with Crippen LogP contribution in [-0.4, -0.2) is 18.1 Å². The lowest BCUT2D eigenvalue weighted by Gasteiger charge is -2.05. The zero-order chi connectivity index (χ0) is 15.4. The van der Waals surface area contributed by atoms with Crippen molar-refractivity contribution in [3.63, 3.8) is 0 Å². The minimum absolute atomic E-state index is 0.340. The summed E-state index contributed by atoms with van der Waals surface area (Å²) in [5, 5.41) is 2.04. The maximum atomic E-state index is 11.5. The van der Waals surface area contributed by atoms with Crippen LogP contribution >= 0.6 is 0 Å². The van der Waals surface area contributed by atoms with Crippen LogP contribution in [0.2, 0.25) is 0 Å². The smallest absolute Gasteiger partial charge is 0.356 e. The lowest BCUT2D eigenvalue weighted by atomic mass is 10.0. The fraction of sp³-hybridized carbons (Fsp3) is 0.158. The number of aromatic nitrogens is 1. The molecule has 22 heavy (non-hydrogen) atoms. The number of hydrogen-bond donors (Lipinski definition) is 0. The fourth-order valence-electron chi connectivity index (χ4n) is 2.50. The minimum Gasteiger partial charge on any atom is -0.464 e. The molecule has 0 spiro atoms. The molecule has 110 valence electrons. The first kappa shape index (κ1) is 14.3. The number of carbonyl (C=O) groups excluding carboxylic acids is 1. The first-order valence-electron chi connectivity index (χ1n) is 7.27. The highest BCUT2D eigenvalue weighted by Gasteiger charge is 2.08. The molecule has 0 aliphatic heterocycles. The molecule has 3 nitrogen and oxygen atoms in total. The average molecular weight is 291 g/mol. The van der Waals surface area contributed by atoms with Crippen molar-refractivity contribution >= 4 is 16.7 Å². The van der Waals surface area contributed by atoms with Gasteiger partial charge in [-0.05, 0) is 41.5 Å². The number of aryl methyl sites for hydroxylation is 2. The van der Waals surface area contributed by atoms with Crippen molar-refractivity contribution in [3.8, 4) is 0 Å². The van der Waals surface area contributed by atoms with Gasteiger partial charge in [0, 0.05) is 11.6 Å². The first-order valence-corrected chi connectivity index (χ1v) is 7.27. The van der Waals surface area contributed by atoms with E-state index < -0.39 is 5.97 Å². The summed E-state index contributed by atoms with van der Waals surface area (Å²) in [7, 11) is 1.36. The predicted molar refractivity (Wildman–Crippen MR) is 86.9 cm³/mol. The van der Waals surface area contributed by atoms with E-state index >= 15 is 0 Å². The molecule has 0 N–H and O–H groups in total. The zero-order valence-electron chi connectivity index (χ0n) is 12.5. The molecule has 0 saturated heterocycles. The molecule has 0 saturated carbocycles. The molecule has 3 rings (SSSR count). The number of carbonyl (C=O) groups is 1. The number of nitrogens with zero attached hydrogens (tertiary/aromatic N) is 1. The second-order valence-electron chi connectivity index (χ2n) is 5.23. The maximum absolute atomic E-state index is 11.5. The Kier molecular flexibility index (Phi) is 4.15. The molecule has 0 fully saturated rings. The molecular formula is C19H17NO2. The molecule has 0 bridgehead atoms. The summed E-state index contributed by atoms with van der Waals surface area (Å²) in [5.41, 5.74) is 2.94. The molecule has 0 aliphatic rings. The van der Waals surface area contributed by atoms with Crippen molar-refractivity contribution in [1.29, 1.82) is 0 Å². The number of methoxy groups -OCH3 is 1. The molecular weight excluding hydrogens is 274 g/mol. The van der Waals surface area contributed by atoms with Gasteiger partial charge in [-0.2, -0.15) is 0 Å². The second-order valence-corrected chi connectivity index (χ2v) is 5.23. The van der Waals surface area contributed by atoms with E-state index in [1.54, 1.807) is 12.3 Å². The van der Waals surface area contributed by atoms with Crippen LogP contribution in [0.4, 0.5) is 0 Å². The lowest BCUT2D eigenvalue weighted by molar-refractivity contribution is 0.0594. The zero-order valence-corrected chi connectivity index (χ0v) is 12.5. The van der Waals surface area contributed by atoms with Crippen molar-refractivity contribution in [3.05, 3.63) is 77.6 Å². The second kappa shape index (κ2) is 6.39. The third-order valence-corrected chi connectivity index (χ3v) is 3.73. The fourth-order valence-corrected chi connectivity index (χ4v) is 2.50. The molecule has 3 heteroatoms. The summed E-state index contributed by atoms with van der Waals surface area (Å²) in [6, 6.07) is 18.5. The number of fused-ring (bicyclic) bond motifs is 1. The van der Waals surface area contributed by atoms with Gasteiger partial charge < -0.3 is 4.74 Å². The van der Waals surface area contributed by atoms with Crippen LogP contribution in [0.1, 0.15) is 21.6 Å². The number of ether oxygens (including phenoxy) is 1. The van der Waals surface area contributed by atoms with Crippen molar-refractivity contribution in [2.45, 2.75) is 12.8 Å². The Morgan fingerprint density at radius 2 is 1.73 bits per heavy atom. The number of rotatable bonds is 4. The van der Waals surface area contributed by atoms with E-state index in [4.69, 9.17) is 4.74 Å². The first-order chi connectivity index (χ1) is 10.8. The quantitative estimate of drug-likeness (QED) is 0.686. The highest BCUT2D eigenvalue weighted by atomic mass is 16.5. The highest BCUT2D eigenvalue weighted by molar-refractivity contribution is 5.93. The van der Waals surface area contributed by atoms with Gasteiger partial charge in [-0.1, -0.05) is 42.5 Å². The summed E-state index contributed by atoms with van der Waals surface area (Å²) in [6.45, 7) is 0. The third-order valence-electron chi connectivity index (χ3n) is 3.73. The van der Waals surface area contributed by atoms with Crippen LogP contribution in [0.15, 0.2) is 60.8 Å². The standard InChI is InChI=1S/C19H17NO2/c1-22-19(21)18-12-16-10-9-15(11-17(16)13-20-18)8-7-14-5-3-2-4-6-14/h2-6,9-13H,7-8H2,1H3. The topological polar surface area (TPSA) is 39.2 Å². The van der Waals surface area contributed by atoms with Crippen LogP contribution in [0.3, 0.4) is 0 Å². The molecule has 1 heterocycles. The summed E-state index contributed by atoms with van der Waals surface area (Å²) in [5.74, 6) is -0.407. The van der Waals surface area contributed by atoms with E-state index in [1.165, 1.54) is 18.2 Å². The Hall–Kier alpha value is -2.68. The number of pyridine rings is 1. The van der Waals surface area contributed by atoms with Crippen LogP contribution in [0.5, 0.6) is 0 Å². The Bertz CT molecular complexity index is 797. The van der Waals surface area contributed by atoms with E-state index in [-0.39, 0.29) is 0 Å². The van der Waals surface area contributed by atoms with Crippen molar-refractivity contribution in [2.75, 3.05) is 7.11 Å². The number of benzene rings is 2. The average Bonchev–Trinajstić information content (AvgIpc) is 2.59. The van der Waals surface area contributed by atoms with Gasteiger partial charge in [-0.3, -0.25) is 0 Å². The van der Waals surface area contributed by atoms with Crippen molar-refractivity contribution in [1.82, 2.24) is 4.98 Å². The van der Waals surface area contributed by atoms with E-state index in [0.717, 1.165) is 23.6 Å². The van der Waals surface area contributed by atoms with E-state index in [0.29, 0.717) is 5.69 Å². The summed E-state index contributed by atoms with van der Waals surface area (Å²) in [4.78, 5) is 15.7. The Balaban J connectivity index is 1.80. The van der Waals surface area contributed by atoms with Gasteiger partial charge in [0.2, 0.25) is 0 Å². The van der Waals surface area contributed by atoms with Gasteiger partial charge in [0.1, 0.15) is 5.69 Å². The number of esters is 1. The normalized spacial score (nSPS) is 10.6. The maximum Gasteiger partial charge on any atom is 0.356 e. The van der Waals surface area contributed by atoms with Gasteiger partial charge in [0.05, 0.1) is 7.11 Å². The van der Waals surface area contributed by atoms with Gasteiger partial charge in [0.25, 0.3) is 0 Å². The summed E-state index contributed by atoms with van der Waals surface area (Å²) >= 11 is 0. The third kappa shape index (κ3) is 3.14. The molecule has 0 unspecified atom stereocenters. The summed E-state index contributed by atoms with van der Waals surface area (Å²) < 4.78 is 4.70. The SMILES string of the molecule is COC(=O)c1cc2ccc(CCc3ccccc3)cc2cn1. The monoisotopic (exact) mass is 291 g/mol. The Morgan fingerprint density at radius 1 is 0.955 bits per heavy atom. The van der Waals surface area contributed by atoms with Crippen LogP contribution in [0, 0.1) is 0 Å². The largest absolute Gasteiger partial charge is 0.464 e. The van der Waals surface area contributed by atoms with Gasteiger partial charge >= 0.3 is 5.97 Å². The van der Waals surface area contributed by atoms with Gasteiger partial charge in [-0.25, -0.2) is 9.78 Å². The molecule has 2 aromatic carbocycles. The van der Waals surface area contributed by atoms with Crippen LogP contribution in [0.25, 0.3) is 10.8 Å². The Morgan fingerprint density at radius 3 is 2.50 bits per heavy atom. The molecule has 3 aromatic rings. The lowest BCUT2D eigenvalue weighted by Crippen LogP contribution is -2.03. The van der Waals surface area contributed by atoms with Gasteiger partial charge in [-0.15, -0.1) is 0 Å². The van der Waals surface area contributed by atoms with Crippen molar-refractivity contribution < 1.29 is 9.53 Å². The highest BCUT2D eigenvalue weighted by Crippen LogP contribution is 2.18. The predicted octanol–water partition coefficient (Wildman–Crippen LogP) is 3.81. The van der Waals surface area contributed by atoms with E-state index in [9.17, 15) is 4.79 Å². The molecule has 0 aliphatic carbocycles. The number of hydrogen-bond acceptors (Lipinski definition) is 3. The van der Waals surface area contributed by atoms with Crippen molar-refractivity contribution in [2.24, 2.45) is 0 Å². The molecule has 0 radical (unpaired) electrons. The van der Waals surface area contributed by atoms with E-state index in [2.05, 4.69) is 41.4 Å².